The number of aromatic amines is 1. The first kappa shape index (κ1) is 16.5. The van der Waals surface area contributed by atoms with Crippen molar-refractivity contribution in [2.45, 2.75) is 19.8 Å². The molecule has 0 unspecified atom stereocenters. The van der Waals surface area contributed by atoms with Crippen LogP contribution in [-0.2, 0) is 0 Å². The first-order valence-corrected chi connectivity index (χ1v) is 8.99. The largest absolute Gasteiger partial charge is 0.353 e. The highest BCUT2D eigenvalue weighted by molar-refractivity contribution is 5.62. The van der Waals surface area contributed by atoms with Gasteiger partial charge in [0, 0.05) is 62.3 Å². The van der Waals surface area contributed by atoms with E-state index in [9.17, 15) is 0 Å². The van der Waals surface area contributed by atoms with E-state index in [2.05, 4.69) is 49.9 Å². The zero-order valence-corrected chi connectivity index (χ0v) is 15.1. The van der Waals surface area contributed by atoms with Crippen molar-refractivity contribution in [3.63, 3.8) is 0 Å². The van der Waals surface area contributed by atoms with Crippen LogP contribution >= 0.6 is 0 Å². The van der Waals surface area contributed by atoms with E-state index in [0.717, 1.165) is 54.9 Å². The standard InChI is InChI=1S/C19H23N7/c1-14(2)19-21-7-5-17(22-19)25-8-10-26(11-9-25)18-12-16(23-24-18)15-4-3-6-20-13-15/h3-7,12-14H,8-11H2,1-2H3,(H,23,24). The number of aromatic nitrogens is 5. The van der Waals surface area contributed by atoms with Gasteiger partial charge in [0.25, 0.3) is 0 Å². The number of anilines is 2. The molecule has 4 heterocycles. The lowest BCUT2D eigenvalue weighted by molar-refractivity contribution is 0.636. The molecular formula is C19H23N7. The maximum atomic E-state index is 4.71. The summed E-state index contributed by atoms with van der Waals surface area (Å²) in [5.41, 5.74) is 2.04. The normalized spacial score (nSPS) is 14.9. The summed E-state index contributed by atoms with van der Waals surface area (Å²) in [5, 5.41) is 7.60. The fraction of sp³-hybridized carbons (Fsp3) is 0.368. The Kier molecular flexibility index (Phi) is 4.51. The van der Waals surface area contributed by atoms with Gasteiger partial charge in [-0.2, -0.15) is 5.10 Å². The topological polar surface area (TPSA) is 73.8 Å². The molecule has 4 rings (SSSR count). The molecule has 7 heteroatoms. The number of hydrogen-bond donors (Lipinski definition) is 1. The van der Waals surface area contributed by atoms with Crippen LogP contribution in [0.2, 0.25) is 0 Å². The minimum absolute atomic E-state index is 0.339. The maximum Gasteiger partial charge on any atom is 0.151 e. The van der Waals surface area contributed by atoms with E-state index in [0.29, 0.717) is 5.92 Å². The van der Waals surface area contributed by atoms with E-state index in [1.54, 1.807) is 6.20 Å². The second-order valence-electron chi connectivity index (χ2n) is 6.78. The van der Waals surface area contributed by atoms with Crippen molar-refractivity contribution >= 4 is 11.6 Å². The molecule has 0 bridgehead atoms. The van der Waals surface area contributed by atoms with Gasteiger partial charge in [0.05, 0.1) is 5.69 Å². The zero-order chi connectivity index (χ0) is 17.9. The van der Waals surface area contributed by atoms with Crippen LogP contribution in [0.5, 0.6) is 0 Å². The molecule has 1 saturated heterocycles. The summed E-state index contributed by atoms with van der Waals surface area (Å²) < 4.78 is 0. The molecule has 0 aromatic carbocycles. The first-order chi connectivity index (χ1) is 12.7. The molecule has 7 nitrogen and oxygen atoms in total. The van der Waals surface area contributed by atoms with Gasteiger partial charge in [0.2, 0.25) is 0 Å². The molecular weight excluding hydrogens is 326 g/mol. The molecule has 3 aromatic rings. The molecule has 1 fully saturated rings. The summed E-state index contributed by atoms with van der Waals surface area (Å²) in [5.74, 6) is 3.24. The van der Waals surface area contributed by atoms with E-state index in [-0.39, 0.29) is 0 Å². The van der Waals surface area contributed by atoms with Crippen LogP contribution in [-0.4, -0.2) is 51.3 Å². The van der Waals surface area contributed by atoms with Gasteiger partial charge in [-0.05, 0) is 18.2 Å². The second-order valence-corrected chi connectivity index (χ2v) is 6.78. The van der Waals surface area contributed by atoms with Crippen LogP contribution in [0.25, 0.3) is 11.3 Å². The Labute approximate surface area is 153 Å². The molecule has 134 valence electrons. The van der Waals surface area contributed by atoms with Gasteiger partial charge in [0.15, 0.2) is 5.82 Å². The lowest BCUT2D eigenvalue weighted by Crippen LogP contribution is -2.47. The van der Waals surface area contributed by atoms with E-state index in [1.807, 2.05) is 30.6 Å². The van der Waals surface area contributed by atoms with Crippen molar-refractivity contribution in [1.82, 2.24) is 25.1 Å². The Morgan fingerprint density at radius 1 is 1.00 bits per heavy atom. The van der Waals surface area contributed by atoms with Gasteiger partial charge < -0.3 is 9.80 Å². The number of H-pyrrole nitrogens is 1. The van der Waals surface area contributed by atoms with Gasteiger partial charge in [-0.25, -0.2) is 9.97 Å². The minimum Gasteiger partial charge on any atom is -0.353 e. The molecule has 0 amide bonds. The first-order valence-electron chi connectivity index (χ1n) is 8.99. The monoisotopic (exact) mass is 349 g/mol. The Bertz CT molecular complexity index is 851. The second kappa shape index (κ2) is 7.11. The van der Waals surface area contributed by atoms with Crippen LogP contribution in [0.1, 0.15) is 25.6 Å². The summed E-state index contributed by atoms with van der Waals surface area (Å²) in [7, 11) is 0. The van der Waals surface area contributed by atoms with Crippen LogP contribution in [0.15, 0.2) is 42.9 Å². The summed E-state index contributed by atoms with van der Waals surface area (Å²) >= 11 is 0. The SMILES string of the molecule is CC(C)c1nccc(N2CCN(c3cc(-c4cccnc4)[nH]n3)CC2)n1. The molecule has 0 spiro atoms. The zero-order valence-electron chi connectivity index (χ0n) is 15.1. The van der Waals surface area contributed by atoms with Crippen molar-refractivity contribution in [3.8, 4) is 11.3 Å². The summed E-state index contributed by atoms with van der Waals surface area (Å²) in [6, 6.07) is 8.05. The molecule has 0 saturated carbocycles. The van der Waals surface area contributed by atoms with Gasteiger partial charge in [-0.3, -0.25) is 10.1 Å². The molecule has 3 aromatic heterocycles. The Morgan fingerprint density at radius 2 is 1.77 bits per heavy atom. The molecule has 0 atom stereocenters. The van der Waals surface area contributed by atoms with Crippen LogP contribution < -0.4 is 9.80 Å². The maximum absolute atomic E-state index is 4.71. The highest BCUT2D eigenvalue weighted by Crippen LogP contribution is 2.23. The Hall–Kier alpha value is -2.96. The Balaban J connectivity index is 1.43. The molecule has 1 N–H and O–H groups in total. The average molecular weight is 349 g/mol. The fourth-order valence-corrected chi connectivity index (χ4v) is 3.13. The van der Waals surface area contributed by atoms with E-state index < -0.39 is 0 Å². The third-order valence-electron chi connectivity index (χ3n) is 4.64. The minimum atomic E-state index is 0.339. The summed E-state index contributed by atoms with van der Waals surface area (Å²) in [6.07, 6.45) is 5.48. The van der Waals surface area contributed by atoms with Crippen LogP contribution in [0.4, 0.5) is 11.6 Å². The van der Waals surface area contributed by atoms with E-state index >= 15 is 0 Å². The highest BCUT2D eigenvalue weighted by Gasteiger charge is 2.21. The summed E-state index contributed by atoms with van der Waals surface area (Å²) in [6.45, 7) is 7.91. The number of pyridine rings is 1. The third kappa shape index (κ3) is 3.37. The van der Waals surface area contributed by atoms with Crippen molar-refractivity contribution < 1.29 is 0 Å². The number of nitrogens with one attached hydrogen (secondary N) is 1. The van der Waals surface area contributed by atoms with Crippen molar-refractivity contribution in [3.05, 3.63) is 48.7 Å². The van der Waals surface area contributed by atoms with E-state index in [1.165, 1.54) is 0 Å². The smallest absolute Gasteiger partial charge is 0.151 e. The number of hydrogen-bond acceptors (Lipinski definition) is 6. The van der Waals surface area contributed by atoms with E-state index in [4.69, 9.17) is 4.98 Å². The Morgan fingerprint density at radius 3 is 2.46 bits per heavy atom. The van der Waals surface area contributed by atoms with Gasteiger partial charge >= 0.3 is 0 Å². The molecule has 0 aliphatic carbocycles. The van der Waals surface area contributed by atoms with Crippen LogP contribution in [0, 0.1) is 0 Å². The van der Waals surface area contributed by atoms with Crippen LogP contribution in [0.3, 0.4) is 0 Å². The quantitative estimate of drug-likeness (QED) is 0.781. The fourth-order valence-electron chi connectivity index (χ4n) is 3.13. The number of nitrogens with zero attached hydrogens (tertiary/aromatic N) is 6. The predicted molar refractivity (Wildman–Crippen MR) is 102 cm³/mol. The average Bonchev–Trinajstić information content (AvgIpc) is 3.19. The molecule has 1 aliphatic rings. The van der Waals surface area contributed by atoms with Crippen molar-refractivity contribution in [2.75, 3.05) is 36.0 Å². The van der Waals surface area contributed by atoms with Crippen molar-refractivity contribution in [2.24, 2.45) is 0 Å². The number of rotatable bonds is 4. The molecule has 1 aliphatic heterocycles. The van der Waals surface area contributed by atoms with Gasteiger partial charge in [-0.15, -0.1) is 0 Å². The summed E-state index contributed by atoms with van der Waals surface area (Å²) in [4.78, 5) is 17.9. The van der Waals surface area contributed by atoms with Crippen molar-refractivity contribution in [1.29, 1.82) is 0 Å². The number of piperazine rings is 1. The molecule has 0 radical (unpaired) electrons. The predicted octanol–water partition coefficient (Wildman–Crippen LogP) is 2.71. The highest BCUT2D eigenvalue weighted by atomic mass is 15.3. The third-order valence-corrected chi connectivity index (χ3v) is 4.64. The van der Waals surface area contributed by atoms with Gasteiger partial charge in [0.1, 0.15) is 11.6 Å². The lowest BCUT2D eigenvalue weighted by Gasteiger charge is -2.35. The molecule has 26 heavy (non-hydrogen) atoms. The lowest BCUT2D eigenvalue weighted by atomic mass is 10.2. The van der Waals surface area contributed by atoms with Gasteiger partial charge in [-0.1, -0.05) is 13.8 Å².